The van der Waals surface area contributed by atoms with Gasteiger partial charge in [0.05, 0.1) is 22.8 Å². The number of hydrogen-bond acceptors (Lipinski definition) is 4. The minimum atomic E-state index is -3.97. The van der Waals surface area contributed by atoms with Crippen molar-refractivity contribution in [2.75, 3.05) is 11.9 Å². The number of amides is 1. The number of anilines is 1. The number of nitrogens with one attached hydrogen (secondary N) is 2. The minimum Gasteiger partial charge on any atom is -0.492 e. The summed E-state index contributed by atoms with van der Waals surface area (Å²) in [5, 5.41) is 3.28. The van der Waals surface area contributed by atoms with E-state index in [1.807, 2.05) is 0 Å². The van der Waals surface area contributed by atoms with E-state index in [9.17, 15) is 17.6 Å². The van der Waals surface area contributed by atoms with Gasteiger partial charge in [0.25, 0.3) is 5.91 Å². The standard InChI is InChI=1S/C22H19Cl2FN2O4S/c1-2-31-21-10-9-16(12-20(21)27-22(28)17-5-3-4-6-19(17)25)32(29,30)26-13-14-7-8-15(23)11-18(14)24/h3-12,26H,2,13H2,1H3,(H,27,28). The summed E-state index contributed by atoms with van der Waals surface area (Å²) in [6.45, 7) is 1.95. The Morgan fingerprint density at radius 2 is 1.81 bits per heavy atom. The van der Waals surface area contributed by atoms with E-state index in [1.165, 1.54) is 42.5 Å². The maximum Gasteiger partial charge on any atom is 0.258 e. The number of benzene rings is 3. The molecule has 0 unspecified atom stereocenters. The molecule has 3 aromatic carbocycles. The summed E-state index contributed by atoms with van der Waals surface area (Å²) < 4.78 is 47.5. The summed E-state index contributed by atoms with van der Waals surface area (Å²) in [5.74, 6) is -1.19. The maximum atomic E-state index is 14.0. The molecule has 1 amide bonds. The molecule has 168 valence electrons. The fraction of sp³-hybridized carbons (Fsp3) is 0.136. The van der Waals surface area contributed by atoms with E-state index in [0.717, 1.165) is 6.07 Å². The predicted molar refractivity (Wildman–Crippen MR) is 122 cm³/mol. The van der Waals surface area contributed by atoms with E-state index in [4.69, 9.17) is 27.9 Å². The molecule has 0 aliphatic heterocycles. The zero-order chi connectivity index (χ0) is 23.3. The van der Waals surface area contributed by atoms with Crippen molar-refractivity contribution < 1.29 is 22.3 Å². The van der Waals surface area contributed by atoms with Crippen molar-refractivity contribution in [3.8, 4) is 5.75 Å². The highest BCUT2D eigenvalue weighted by molar-refractivity contribution is 7.89. The SMILES string of the molecule is CCOc1ccc(S(=O)(=O)NCc2ccc(Cl)cc2Cl)cc1NC(=O)c1ccccc1F. The molecule has 6 nitrogen and oxygen atoms in total. The highest BCUT2D eigenvalue weighted by Gasteiger charge is 2.19. The van der Waals surface area contributed by atoms with E-state index in [1.54, 1.807) is 19.1 Å². The third-order valence-corrected chi connectivity index (χ3v) is 6.38. The van der Waals surface area contributed by atoms with Crippen LogP contribution in [0.1, 0.15) is 22.8 Å². The molecule has 0 atom stereocenters. The van der Waals surface area contributed by atoms with Crippen molar-refractivity contribution in [1.29, 1.82) is 0 Å². The fourth-order valence-corrected chi connectivity index (χ4v) is 4.32. The number of halogens is 3. The van der Waals surface area contributed by atoms with Gasteiger partial charge in [-0.05, 0) is 55.0 Å². The van der Waals surface area contributed by atoms with Gasteiger partial charge < -0.3 is 10.1 Å². The Bertz CT molecular complexity index is 1250. The molecule has 0 fully saturated rings. The van der Waals surface area contributed by atoms with Crippen LogP contribution in [0.5, 0.6) is 5.75 Å². The average Bonchev–Trinajstić information content (AvgIpc) is 2.74. The van der Waals surface area contributed by atoms with Gasteiger partial charge in [0.1, 0.15) is 11.6 Å². The van der Waals surface area contributed by atoms with Crippen LogP contribution in [0.25, 0.3) is 0 Å². The van der Waals surface area contributed by atoms with Crippen LogP contribution >= 0.6 is 23.2 Å². The molecule has 0 radical (unpaired) electrons. The van der Waals surface area contributed by atoms with Crippen molar-refractivity contribution in [2.45, 2.75) is 18.4 Å². The first kappa shape index (κ1) is 24.0. The van der Waals surface area contributed by atoms with Gasteiger partial charge in [0.15, 0.2) is 0 Å². The molecule has 32 heavy (non-hydrogen) atoms. The highest BCUT2D eigenvalue weighted by atomic mass is 35.5. The molecule has 10 heteroatoms. The normalized spacial score (nSPS) is 11.2. The molecule has 0 saturated carbocycles. The molecule has 0 aliphatic carbocycles. The second-order valence-corrected chi connectivity index (χ2v) is 9.20. The number of hydrogen-bond donors (Lipinski definition) is 2. The van der Waals surface area contributed by atoms with E-state index < -0.39 is 21.7 Å². The lowest BCUT2D eigenvalue weighted by Gasteiger charge is -2.14. The summed E-state index contributed by atoms with van der Waals surface area (Å²) >= 11 is 12.0. The Labute approximate surface area is 195 Å². The van der Waals surface area contributed by atoms with Crippen LogP contribution in [0.2, 0.25) is 10.0 Å². The molecule has 0 aromatic heterocycles. The van der Waals surface area contributed by atoms with E-state index in [-0.39, 0.29) is 35.0 Å². The quantitative estimate of drug-likeness (QED) is 0.445. The maximum absolute atomic E-state index is 14.0. The molecule has 0 aliphatic rings. The van der Waals surface area contributed by atoms with Gasteiger partial charge in [-0.25, -0.2) is 17.5 Å². The number of carbonyl (C=O) groups is 1. The van der Waals surface area contributed by atoms with Gasteiger partial charge >= 0.3 is 0 Å². The number of sulfonamides is 1. The number of rotatable bonds is 8. The fourth-order valence-electron chi connectivity index (χ4n) is 2.81. The van der Waals surface area contributed by atoms with Crippen molar-refractivity contribution in [3.05, 3.63) is 87.7 Å². The van der Waals surface area contributed by atoms with Gasteiger partial charge in [-0.1, -0.05) is 41.4 Å². The van der Waals surface area contributed by atoms with Gasteiger partial charge in [-0.3, -0.25) is 4.79 Å². The predicted octanol–water partition coefficient (Wildman–Crippen LogP) is 5.26. The summed E-state index contributed by atoms with van der Waals surface area (Å²) in [7, 11) is -3.97. The van der Waals surface area contributed by atoms with Gasteiger partial charge in [0.2, 0.25) is 10.0 Å². The molecule has 0 spiro atoms. The van der Waals surface area contributed by atoms with Crippen LogP contribution in [0, 0.1) is 5.82 Å². The van der Waals surface area contributed by atoms with Crippen LogP contribution in [-0.4, -0.2) is 20.9 Å². The molecular weight excluding hydrogens is 478 g/mol. The number of carbonyl (C=O) groups excluding carboxylic acids is 1. The highest BCUT2D eigenvalue weighted by Crippen LogP contribution is 2.29. The largest absolute Gasteiger partial charge is 0.492 e. The Kier molecular flexibility index (Phi) is 7.73. The third-order valence-electron chi connectivity index (χ3n) is 4.40. The summed E-state index contributed by atoms with van der Waals surface area (Å²) in [4.78, 5) is 12.4. The van der Waals surface area contributed by atoms with Crippen molar-refractivity contribution in [2.24, 2.45) is 0 Å². The van der Waals surface area contributed by atoms with Crippen LogP contribution in [-0.2, 0) is 16.6 Å². The lowest BCUT2D eigenvalue weighted by molar-refractivity contribution is 0.102. The molecule has 0 heterocycles. The lowest BCUT2D eigenvalue weighted by atomic mass is 10.2. The van der Waals surface area contributed by atoms with Crippen molar-refractivity contribution >= 4 is 44.8 Å². The molecular formula is C22H19Cl2FN2O4S. The monoisotopic (exact) mass is 496 g/mol. The first-order valence-electron chi connectivity index (χ1n) is 9.47. The van der Waals surface area contributed by atoms with E-state index >= 15 is 0 Å². The summed E-state index contributed by atoms with van der Waals surface area (Å²) in [6.07, 6.45) is 0. The third kappa shape index (κ3) is 5.77. The van der Waals surface area contributed by atoms with Crippen molar-refractivity contribution in [3.63, 3.8) is 0 Å². The van der Waals surface area contributed by atoms with E-state index in [2.05, 4.69) is 10.0 Å². The van der Waals surface area contributed by atoms with Gasteiger partial charge in [-0.2, -0.15) is 0 Å². The Balaban J connectivity index is 1.86. The van der Waals surface area contributed by atoms with Gasteiger partial charge in [-0.15, -0.1) is 0 Å². The second-order valence-electron chi connectivity index (χ2n) is 6.59. The first-order chi connectivity index (χ1) is 15.2. The van der Waals surface area contributed by atoms with Crippen LogP contribution < -0.4 is 14.8 Å². The summed E-state index contributed by atoms with van der Waals surface area (Å²) in [5.41, 5.74) is 0.449. The van der Waals surface area contributed by atoms with E-state index in [0.29, 0.717) is 15.6 Å². The molecule has 3 rings (SSSR count). The van der Waals surface area contributed by atoms with Crippen LogP contribution in [0.15, 0.2) is 65.6 Å². The van der Waals surface area contributed by atoms with Gasteiger partial charge in [0, 0.05) is 16.6 Å². The van der Waals surface area contributed by atoms with Crippen molar-refractivity contribution in [1.82, 2.24) is 4.72 Å². The molecule has 2 N–H and O–H groups in total. The van der Waals surface area contributed by atoms with Crippen LogP contribution in [0.3, 0.4) is 0 Å². The molecule has 0 saturated heterocycles. The first-order valence-corrected chi connectivity index (χ1v) is 11.7. The average molecular weight is 497 g/mol. The minimum absolute atomic E-state index is 0.0670. The Morgan fingerprint density at radius 3 is 2.50 bits per heavy atom. The summed E-state index contributed by atoms with van der Waals surface area (Å²) in [6, 6.07) is 14.2. The zero-order valence-corrected chi connectivity index (χ0v) is 19.2. The smallest absolute Gasteiger partial charge is 0.258 e. The zero-order valence-electron chi connectivity index (χ0n) is 16.9. The van der Waals surface area contributed by atoms with Crippen LogP contribution in [0.4, 0.5) is 10.1 Å². The molecule has 3 aromatic rings. The molecule has 0 bridgehead atoms. The topological polar surface area (TPSA) is 84.5 Å². The Morgan fingerprint density at radius 1 is 1.06 bits per heavy atom. The Hall–Kier alpha value is -2.65. The number of ether oxygens (including phenoxy) is 1. The lowest BCUT2D eigenvalue weighted by Crippen LogP contribution is -2.24. The second kappa shape index (κ2) is 10.3.